The summed E-state index contributed by atoms with van der Waals surface area (Å²) in [6.07, 6.45) is 0.797. The van der Waals surface area contributed by atoms with Gasteiger partial charge in [0.25, 0.3) is 11.7 Å². The third-order valence-electron chi connectivity index (χ3n) is 2.92. The van der Waals surface area contributed by atoms with Crippen molar-refractivity contribution in [1.82, 2.24) is 20.5 Å². The fourth-order valence-electron chi connectivity index (χ4n) is 1.81. The monoisotopic (exact) mass is 253 g/mol. The molecule has 0 aliphatic carbocycles. The molecule has 8 heteroatoms. The Morgan fingerprint density at radius 3 is 2.89 bits per heavy atom. The third kappa shape index (κ3) is 2.48. The van der Waals surface area contributed by atoms with Crippen LogP contribution < -0.4 is 11.1 Å². The molecule has 1 fully saturated rings. The highest BCUT2D eigenvalue weighted by atomic mass is 16.6. The van der Waals surface area contributed by atoms with Gasteiger partial charge in [-0.2, -0.15) is 0 Å². The minimum Gasteiger partial charge on any atom is -0.379 e. The number of hydrogen-bond donors (Lipinski definition) is 2. The van der Waals surface area contributed by atoms with Gasteiger partial charge >= 0.3 is 0 Å². The first kappa shape index (κ1) is 12.5. The molecule has 0 radical (unpaired) electrons. The highest BCUT2D eigenvalue weighted by Gasteiger charge is 2.29. The van der Waals surface area contributed by atoms with Crippen molar-refractivity contribution < 1.29 is 14.2 Å². The second-order valence-corrected chi connectivity index (χ2v) is 4.26. The van der Waals surface area contributed by atoms with Crippen LogP contribution >= 0.6 is 0 Å². The van der Waals surface area contributed by atoms with Gasteiger partial charge in [-0.1, -0.05) is 0 Å². The van der Waals surface area contributed by atoms with Crippen molar-refractivity contribution >= 4 is 17.5 Å². The van der Waals surface area contributed by atoms with Crippen molar-refractivity contribution in [3.8, 4) is 0 Å². The summed E-state index contributed by atoms with van der Waals surface area (Å²) in [7, 11) is 0. The first-order valence-corrected chi connectivity index (χ1v) is 5.74. The summed E-state index contributed by atoms with van der Waals surface area (Å²) in [5.74, 6) is -1.55. The van der Waals surface area contributed by atoms with E-state index in [2.05, 4.69) is 20.3 Å². The molecule has 0 aromatic carbocycles. The number of Topliss-reactive ketones (excluding diaryl/α,β-unsaturated/α-hetero) is 1. The molecule has 98 valence electrons. The molecular formula is C10H15N5O3. The SMILES string of the molecule is C[C@@H]1CCN(C(=O)C(=O)c2nonc2N)CCN1. The fraction of sp³-hybridized carbons (Fsp3) is 0.600. The topological polar surface area (TPSA) is 114 Å². The van der Waals surface area contributed by atoms with E-state index < -0.39 is 11.7 Å². The van der Waals surface area contributed by atoms with Crippen LogP contribution in [0, 0.1) is 0 Å². The number of nitrogen functional groups attached to an aromatic ring is 1. The third-order valence-corrected chi connectivity index (χ3v) is 2.92. The van der Waals surface area contributed by atoms with Crippen molar-refractivity contribution in [2.24, 2.45) is 0 Å². The highest BCUT2D eigenvalue weighted by Crippen LogP contribution is 2.09. The van der Waals surface area contributed by atoms with E-state index in [9.17, 15) is 9.59 Å². The van der Waals surface area contributed by atoms with Gasteiger partial charge in [-0.15, -0.1) is 0 Å². The number of aromatic nitrogens is 2. The van der Waals surface area contributed by atoms with E-state index in [1.165, 1.54) is 4.90 Å². The van der Waals surface area contributed by atoms with E-state index >= 15 is 0 Å². The van der Waals surface area contributed by atoms with E-state index in [0.29, 0.717) is 25.7 Å². The van der Waals surface area contributed by atoms with Crippen LogP contribution in [0.15, 0.2) is 4.63 Å². The van der Waals surface area contributed by atoms with E-state index in [4.69, 9.17) is 5.73 Å². The van der Waals surface area contributed by atoms with Crippen LogP contribution in [0.4, 0.5) is 5.82 Å². The second kappa shape index (κ2) is 5.13. The van der Waals surface area contributed by atoms with Gasteiger partial charge in [0.2, 0.25) is 5.69 Å². The fourth-order valence-corrected chi connectivity index (χ4v) is 1.81. The summed E-state index contributed by atoms with van der Waals surface area (Å²) in [5.41, 5.74) is 5.17. The molecule has 0 spiro atoms. The average Bonchev–Trinajstić information content (AvgIpc) is 2.65. The van der Waals surface area contributed by atoms with E-state index in [1.807, 2.05) is 6.92 Å². The molecule has 1 aliphatic rings. The molecule has 0 saturated carbocycles. The number of nitrogens with two attached hydrogens (primary N) is 1. The van der Waals surface area contributed by atoms with Crippen molar-refractivity contribution in [2.75, 3.05) is 25.4 Å². The van der Waals surface area contributed by atoms with Gasteiger partial charge in [0, 0.05) is 25.7 Å². The maximum absolute atomic E-state index is 12.0. The van der Waals surface area contributed by atoms with Gasteiger partial charge in [0.05, 0.1) is 0 Å². The van der Waals surface area contributed by atoms with Crippen molar-refractivity contribution in [2.45, 2.75) is 19.4 Å². The molecule has 1 aromatic heterocycles. The molecule has 1 aliphatic heterocycles. The minimum absolute atomic E-state index is 0.158. The number of amides is 1. The van der Waals surface area contributed by atoms with Crippen molar-refractivity contribution in [1.29, 1.82) is 0 Å². The Hall–Kier alpha value is -1.96. The molecule has 1 amide bonds. The second-order valence-electron chi connectivity index (χ2n) is 4.26. The molecule has 0 unspecified atom stereocenters. The minimum atomic E-state index is -0.775. The summed E-state index contributed by atoms with van der Waals surface area (Å²) >= 11 is 0. The summed E-state index contributed by atoms with van der Waals surface area (Å²) in [6.45, 7) is 3.71. The van der Waals surface area contributed by atoms with Crippen LogP contribution in [-0.4, -0.2) is 52.6 Å². The number of anilines is 1. The van der Waals surface area contributed by atoms with Crippen LogP contribution in [0.25, 0.3) is 0 Å². The smallest absolute Gasteiger partial charge is 0.296 e. The lowest BCUT2D eigenvalue weighted by molar-refractivity contribution is -0.126. The zero-order chi connectivity index (χ0) is 13.1. The van der Waals surface area contributed by atoms with E-state index in [0.717, 1.165) is 6.42 Å². The lowest BCUT2D eigenvalue weighted by Crippen LogP contribution is -2.39. The Balaban J connectivity index is 2.07. The first-order valence-electron chi connectivity index (χ1n) is 5.74. The molecule has 1 atom stereocenters. The highest BCUT2D eigenvalue weighted by molar-refractivity contribution is 6.43. The maximum Gasteiger partial charge on any atom is 0.296 e. The van der Waals surface area contributed by atoms with Crippen LogP contribution in [0.1, 0.15) is 23.8 Å². The molecule has 8 nitrogen and oxygen atoms in total. The van der Waals surface area contributed by atoms with Crippen molar-refractivity contribution in [3.63, 3.8) is 0 Å². The molecule has 0 bridgehead atoms. The standard InChI is InChI=1S/C10H15N5O3/c1-6-2-4-15(5-3-12-6)10(17)8(16)7-9(11)14-18-13-7/h6,12H,2-5H2,1H3,(H2,11,14)/t6-/m1/s1. The van der Waals surface area contributed by atoms with Gasteiger partial charge in [-0.05, 0) is 23.7 Å². The van der Waals surface area contributed by atoms with E-state index in [1.54, 1.807) is 0 Å². The largest absolute Gasteiger partial charge is 0.379 e. The predicted octanol–water partition coefficient (Wildman–Crippen LogP) is -0.955. The van der Waals surface area contributed by atoms with Gasteiger partial charge in [-0.25, -0.2) is 4.63 Å². The van der Waals surface area contributed by atoms with Crippen LogP contribution in [0.5, 0.6) is 0 Å². The molecule has 1 aromatic rings. The first-order chi connectivity index (χ1) is 8.59. The molecule has 18 heavy (non-hydrogen) atoms. The Labute approximate surface area is 103 Å². The van der Waals surface area contributed by atoms with Crippen molar-refractivity contribution in [3.05, 3.63) is 5.69 Å². The zero-order valence-electron chi connectivity index (χ0n) is 10.0. The summed E-state index contributed by atoms with van der Waals surface area (Å²) in [4.78, 5) is 25.4. The lowest BCUT2D eigenvalue weighted by Gasteiger charge is -2.18. The lowest BCUT2D eigenvalue weighted by atomic mass is 10.2. The Morgan fingerprint density at radius 1 is 1.44 bits per heavy atom. The quantitative estimate of drug-likeness (QED) is 0.515. The molecule has 2 rings (SSSR count). The number of rotatable bonds is 2. The number of carbonyl (C=O) groups excluding carboxylic acids is 2. The zero-order valence-corrected chi connectivity index (χ0v) is 10.0. The molecule has 3 N–H and O–H groups in total. The predicted molar refractivity (Wildman–Crippen MR) is 61.7 cm³/mol. The Kier molecular flexibility index (Phi) is 3.56. The number of nitrogens with one attached hydrogen (secondary N) is 1. The van der Waals surface area contributed by atoms with Gasteiger partial charge < -0.3 is 16.0 Å². The summed E-state index contributed by atoms with van der Waals surface area (Å²) in [6, 6.07) is 0.330. The van der Waals surface area contributed by atoms with Gasteiger partial charge in [0.15, 0.2) is 5.82 Å². The van der Waals surface area contributed by atoms with Gasteiger partial charge in [-0.3, -0.25) is 9.59 Å². The van der Waals surface area contributed by atoms with Crippen LogP contribution in [0.2, 0.25) is 0 Å². The molecular weight excluding hydrogens is 238 g/mol. The number of hydrogen-bond acceptors (Lipinski definition) is 7. The van der Waals surface area contributed by atoms with Crippen LogP contribution in [0.3, 0.4) is 0 Å². The number of ketones is 1. The van der Waals surface area contributed by atoms with Crippen LogP contribution in [-0.2, 0) is 4.79 Å². The maximum atomic E-state index is 12.0. The molecule has 2 heterocycles. The number of carbonyl (C=O) groups is 2. The van der Waals surface area contributed by atoms with Gasteiger partial charge in [0.1, 0.15) is 0 Å². The number of nitrogens with zero attached hydrogens (tertiary/aromatic N) is 3. The van der Waals surface area contributed by atoms with E-state index in [-0.39, 0.29) is 11.5 Å². The average molecular weight is 253 g/mol. The Bertz CT molecular complexity index is 458. The Morgan fingerprint density at radius 2 is 2.22 bits per heavy atom. The normalized spacial score (nSPS) is 20.5. The molecule has 1 saturated heterocycles. The summed E-state index contributed by atoms with van der Waals surface area (Å²) < 4.78 is 4.32. The summed E-state index contributed by atoms with van der Waals surface area (Å²) in [5, 5.41) is 9.87.